The smallest absolute Gasteiger partial charge is 0.307 e. The van der Waals surface area contributed by atoms with Crippen LogP contribution >= 0.6 is 0 Å². The van der Waals surface area contributed by atoms with Gasteiger partial charge < -0.3 is 34.7 Å². The van der Waals surface area contributed by atoms with Crippen LogP contribution in [-0.4, -0.2) is 77.4 Å². The Labute approximate surface area is 208 Å². The lowest BCUT2D eigenvalue weighted by atomic mass is 9.61. The molecule has 0 bridgehead atoms. The second kappa shape index (κ2) is 12.9. The van der Waals surface area contributed by atoms with Gasteiger partial charge in [-0.1, -0.05) is 11.5 Å². The zero-order chi connectivity index (χ0) is 25.3. The van der Waals surface area contributed by atoms with E-state index < -0.39 is 5.97 Å². The van der Waals surface area contributed by atoms with Gasteiger partial charge in [-0.15, -0.1) is 0 Å². The van der Waals surface area contributed by atoms with E-state index in [-0.39, 0.29) is 18.1 Å². The number of carboxylic acids is 1. The Bertz CT molecular complexity index is 980. The molecule has 35 heavy (non-hydrogen) atoms. The van der Waals surface area contributed by atoms with Crippen molar-refractivity contribution in [1.82, 2.24) is 10.6 Å². The van der Waals surface area contributed by atoms with Crippen molar-refractivity contribution in [3.63, 3.8) is 0 Å². The van der Waals surface area contributed by atoms with Gasteiger partial charge >= 0.3 is 5.97 Å². The normalized spacial score (nSPS) is 22.3. The zero-order valence-corrected chi connectivity index (χ0v) is 21.2. The lowest BCUT2D eigenvalue weighted by Crippen LogP contribution is -2.57. The van der Waals surface area contributed by atoms with Gasteiger partial charge in [0.15, 0.2) is 11.5 Å². The number of rotatable bonds is 16. The van der Waals surface area contributed by atoms with Crippen LogP contribution in [0.15, 0.2) is 35.2 Å². The Morgan fingerprint density at radius 1 is 1.06 bits per heavy atom. The van der Waals surface area contributed by atoms with Gasteiger partial charge in [0.2, 0.25) is 0 Å². The van der Waals surface area contributed by atoms with Crippen molar-refractivity contribution in [3.8, 4) is 11.5 Å². The lowest BCUT2D eigenvalue weighted by molar-refractivity contribution is -0.136. The van der Waals surface area contributed by atoms with E-state index in [9.17, 15) is 9.90 Å². The minimum Gasteiger partial charge on any atom is -0.493 e. The van der Waals surface area contributed by atoms with Crippen LogP contribution in [0.5, 0.6) is 11.5 Å². The number of benzene rings is 1. The maximum absolute atomic E-state index is 11.3. The molecule has 2 aliphatic rings. The molecule has 0 unspecified atom stereocenters. The summed E-state index contributed by atoms with van der Waals surface area (Å²) in [7, 11) is 6.58. The van der Waals surface area contributed by atoms with Crippen LogP contribution in [0.4, 0.5) is 0 Å². The molecule has 3 N–H and O–H groups in total. The van der Waals surface area contributed by atoms with E-state index >= 15 is 0 Å². The van der Waals surface area contributed by atoms with Crippen LogP contribution in [0.2, 0.25) is 0 Å². The summed E-state index contributed by atoms with van der Waals surface area (Å²) in [6.07, 6.45) is 5.50. The number of hydrogen-bond donors (Lipinski definition) is 3. The monoisotopic (exact) mass is 486 g/mol. The molecule has 3 atom stereocenters. The van der Waals surface area contributed by atoms with Crippen molar-refractivity contribution >= 4 is 5.97 Å². The van der Waals surface area contributed by atoms with E-state index in [2.05, 4.69) is 22.1 Å². The highest BCUT2D eigenvalue weighted by molar-refractivity contribution is 5.71. The number of methoxy groups -OCH3 is 4. The number of hydrogen-bond acceptors (Lipinski definition) is 7. The molecular formula is C27H38N2O6. The Balaban J connectivity index is 1.33. The summed E-state index contributed by atoms with van der Waals surface area (Å²) in [6, 6.07) is 3.64. The number of aliphatic carboxylic acids is 1. The average Bonchev–Trinajstić information content (AvgIpc) is 2.85. The second-order valence-corrected chi connectivity index (χ2v) is 8.94. The summed E-state index contributed by atoms with van der Waals surface area (Å²) in [5.41, 5.74) is 8.88. The molecule has 0 amide bonds. The summed E-state index contributed by atoms with van der Waals surface area (Å²) in [6.45, 7) is 3.53. The molecule has 8 nitrogen and oxygen atoms in total. The average molecular weight is 487 g/mol. The Morgan fingerprint density at radius 3 is 2.37 bits per heavy atom. The molecule has 1 fully saturated rings. The third kappa shape index (κ3) is 6.36. The van der Waals surface area contributed by atoms with Crippen LogP contribution < -0.4 is 20.1 Å². The van der Waals surface area contributed by atoms with Gasteiger partial charge in [0.05, 0.1) is 20.6 Å². The van der Waals surface area contributed by atoms with Crippen molar-refractivity contribution in [1.29, 1.82) is 0 Å². The first kappa shape index (κ1) is 27.0. The number of carbonyl (C=O) groups is 1. The second-order valence-electron chi connectivity index (χ2n) is 8.94. The van der Waals surface area contributed by atoms with E-state index in [4.69, 9.17) is 18.9 Å². The quantitative estimate of drug-likeness (QED) is 0.242. The predicted octanol–water partition coefficient (Wildman–Crippen LogP) is 2.50. The number of nitrogens with one attached hydrogen (secondary N) is 2. The van der Waals surface area contributed by atoms with Crippen molar-refractivity contribution in [2.24, 2.45) is 5.92 Å². The summed E-state index contributed by atoms with van der Waals surface area (Å²) < 4.78 is 22.1. The van der Waals surface area contributed by atoms with Gasteiger partial charge in [-0.25, -0.2) is 0 Å². The van der Waals surface area contributed by atoms with E-state index in [1.54, 1.807) is 34.5 Å². The fourth-order valence-corrected chi connectivity index (χ4v) is 5.02. The first-order chi connectivity index (χ1) is 17.0. The van der Waals surface area contributed by atoms with Gasteiger partial charge in [0, 0.05) is 19.8 Å². The highest BCUT2D eigenvalue weighted by atomic mass is 16.5. The van der Waals surface area contributed by atoms with Crippen molar-refractivity contribution < 1.29 is 28.8 Å². The van der Waals surface area contributed by atoms with Crippen LogP contribution in [0, 0.1) is 5.92 Å². The zero-order valence-electron chi connectivity index (χ0n) is 21.2. The Kier molecular flexibility index (Phi) is 9.99. The van der Waals surface area contributed by atoms with Crippen LogP contribution in [-0.2, 0) is 27.1 Å². The molecule has 0 heterocycles. The minimum absolute atomic E-state index is 0.0405. The van der Waals surface area contributed by atoms with Gasteiger partial charge in [-0.2, -0.15) is 0 Å². The SMILES string of the molecule is COc1cc(CCNCCCNCC[C@H]2C[C@]3(OC)C2=C=C=C[C@@H]3OC)c(CC(=O)O)cc1OC. The van der Waals surface area contributed by atoms with E-state index in [1.165, 1.54) is 5.57 Å². The molecule has 0 saturated heterocycles. The summed E-state index contributed by atoms with van der Waals surface area (Å²) in [4.78, 5) is 11.3. The Hall–Kier alpha value is -2.57. The molecule has 0 spiro atoms. The van der Waals surface area contributed by atoms with Gasteiger partial charge in [-0.05, 0) is 87.1 Å². The molecule has 1 aromatic carbocycles. The molecule has 0 aromatic heterocycles. The fraction of sp³-hybridized carbons (Fsp3) is 0.593. The highest BCUT2D eigenvalue weighted by Gasteiger charge is 2.55. The molecule has 3 rings (SSSR count). The molecular weight excluding hydrogens is 448 g/mol. The van der Waals surface area contributed by atoms with Crippen molar-refractivity contribution in [3.05, 3.63) is 46.4 Å². The number of ether oxygens (including phenoxy) is 4. The van der Waals surface area contributed by atoms with Crippen LogP contribution in [0.3, 0.4) is 0 Å². The van der Waals surface area contributed by atoms with E-state index in [1.807, 2.05) is 12.1 Å². The first-order valence-electron chi connectivity index (χ1n) is 12.2. The minimum atomic E-state index is -0.863. The van der Waals surface area contributed by atoms with Crippen molar-refractivity contribution in [2.75, 3.05) is 54.6 Å². The summed E-state index contributed by atoms with van der Waals surface area (Å²) in [5, 5.41) is 16.2. The van der Waals surface area contributed by atoms with Gasteiger partial charge in [-0.3, -0.25) is 4.79 Å². The molecule has 8 heteroatoms. The molecule has 0 aliphatic heterocycles. The lowest BCUT2D eigenvalue weighted by Gasteiger charge is -2.51. The maximum Gasteiger partial charge on any atom is 0.307 e. The molecule has 0 radical (unpaired) electrons. The summed E-state index contributed by atoms with van der Waals surface area (Å²) >= 11 is 0. The third-order valence-corrected chi connectivity index (χ3v) is 6.93. The molecule has 2 aliphatic carbocycles. The largest absolute Gasteiger partial charge is 0.493 e. The first-order valence-corrected chi connectivity index (χ1v) is 12.2. The summed E-state index contributed by atoms with van der Waals surface area (Å²) in [5.74, 6) is 0.759. The van der Waals surface area contributed by atoms with E-state index in [0.717, 1.165) is 63.0 Å². The third-order valence-electron chi connectivity index (χ3n) is 6.93. The van der Waals surface area contributed by atoms with Gasteiger partial charge in [0.1, 0.15) is 11.7 Å². The molecule has 1 aromatic rings. The number of carboxylic acid groups (broad SMARTS) is 1. The topological polar surface area (TPSA) is 98.3 Å². The Morgan fingerprint density at radius 2 is 1.74 bits per heavy atom. The fourth-order valence-electron chi connectivity index (χ4n) is 5.02. The molecule has 1 saturated carbocycles. The maximum atomic E-state index is 11.3. The standard InChI is InChI=1S/C27H38N2O6/c1-32-23-15-19(21(17-26(30)31)16-24(23)33-2)9-13-28-11-6-12-29-14-10-20-18-27(35-4)22(20)7-5-8-25(27)34-3/h8,15-16,20,25,28-29H,6,9-14,17-18H2,1-4H3,(H,30,31)/t20-,25-,27-/m0/s1. The predicted molar refractivity (Wildman–Crippen MR) is 133 cm³/mol. The van der Waals surface area contributed by atoms with Crippen molar-refractivity contribution in [2.45, 2.75) is 43.8 Å². The van der Waals surface area contributed by atoms with Crippen LogP contribution in [0.1, 0.15) is 30.4 Å². The van der Waals surface area contributed by atoms with E-state index in [0.29, 0.717) is 17.4 Å². The van der Waals surface area contributed by atoms with Crippen LogP contribution in [0.25, 0.3) is 0 Å². The highest BCUT2D eigenvalue weighted by Crippen LogP contribution is 2.51. The molecule has 192 valence electrons. The van der Waals surface area contributed by atoms with Gasteiger partial charge in [0.25, 0.3) is 0 Å². The number of fused-ring (bicyclic) bond motifs is 1.